The Morgan fingerprint density at radius 3 is 2.88 bits per heavy atom. The Labute approximate surface area is 149 Å². The van der Waals surface area contributed by atoms with E-state index < -0.39 is 0 Å². The van der Waals surface area contributed by atoms with E-state index in [1.807, 2.05) is 0 Å². The number of ether oxygens (including phenoxy) is 2. The average Bonchev–Trinajstić information content (AvgIpc) is 3.21. The van der Waals surface area contributed by atoms with E-state index >= 15 is 0 Å². The molecule has 2 aromatic rings. The molecule has 2 amide bonds. The maximum atomic E-state index is 13.3. The van der Waals surface area contributed by atoms with Gasteiger partial charge in [0.05, 0.1) is 6.04 Å². The Morgan fingerprint density at radius 2 is 2.04 bits per heavy atom. The van der Waals surface area contributed by atoms with Crippen molar-refractivity contribution in [1.29, 1.82) is 0 Å². The van der Waals surface area contributed by atoms with E-state index in [1.165, 1.54) is 12.1 Å². The largest absolute Gasteiger partial charge is 0.454 e. The van der Waals surface area contributed by atoms with Gasteiger partial charge < -0.3 is 19.7 Å². The molecule has 6 nitrogen and oxygen atoms in total. The molecular weight excluding hydrogens is 339 g/mol. The van der Waals surface area contributed by atoms with Crippen molar-refractivity contribution in [2.45, 2.75) is 19.0 Å². The summed E-state index contributed by atoms with van der Waals surface area (Å²) in [6.07, 6.45) is 0.228. The van der Waals surface area contributed by atoms with Gasteiger partial charge >= 0.3 is 0 Å². The van der Waals surface area contributed by atoms with E-state index in [2.05, 4.69) is 5.32 Å². The van der Waals surface area contributed by atoms with Crippen LogP contribution >= 0.6 is 0 Å². The van der Waals surface area contributed by atoms with E-state index in [4.69, 9.17) is 9.47 Å². The molecule has 0 unspecified atom stereocenters. The Balaban J connectivity index is 1.38. The second kappa shape index (κ2) is 6.67. The number of carbonyl (C=O) groups excluding carboxylic acids is 2. The van der Waals surface area contributed by atoms with Crippen LogP contribution in [-0.2, 0) is 11.3 Å². The van der Waals surface area contributed by atoms with Crippen molar-refractivity contribution in [3.63, 3.8) is 0 Å². The molecule has 1 N–H and O–H groups in total. The number of rotatable bonds is 4. The molecule has 134 valence electrons. The van der Waals surface area contributed by atoms with Gasteiger partial charge in [-0.2, -0.15) is 0 Å². The third kappa shape index (κ3) is 3.33. The molecule has 0 spiro atoms. The number of benzene rings is 2. The normalized spacial score (nSPS) is 18.3. The highest BCUT2D eigenvalue weighted by Gasteiger charge is 2.31. The molecule has 1 saturated heterocycles. The van der Waals surface area contributed by atoms with Crippen LogP contribution in [0, 0.1) is 5.82 Å². The van der Waals surface area contributed by atoms with Crippen molar-refractivity contribution >= 4 is 11.8 Å². The van der Waals surface area contributed by atoms with Gasteiger partial charge in [-0.15, -0.1) is 0 Å². The first-order chi connectivity index (χ1) is 12.6. The summed E-state index contributed by atoms with van der Waals surface area (Å²) in [7, 11) is 0. The predicted octanol–water partition coefficient (Wildman–Crippen LogP) is 2.09. The van der Waals surface area contributed by atoms with Crippen LogP contribution in [0.4, 0.5) is 4.39 Å². The van der Waals surface area contributed by atoms with Crippen LogP contribution < -0.4 is 14.8 Å². The zero-order chi connectivity index (χ0) is 18.1. The number of nitrogens with zero attached hydrogens (tertiary/aromatic N) is 1. The van der Waals surface area contributed by atoms with E-state index in [0.717, 1.165) is 5.56 Å². The highest BCUT2D eigenvalue weighted by atomic mass is 19.1. The molecule has 0 aliphatic carbocycles. The van der Waals surface area contributed by atoms with Gasteiger partial charge in [-0.3, -0.25) is 9.59 Å². The van der Waals surface area contributed by atoms with Crippen molar-refractivity contribution in [2.24, 2.45) is 0 Å². The van der Waals surface area contributed by atoms with Crippen LogP contribution in [0.2, 0.25) is 0 Å². The maximum Gasteiger partial charge on any atom is 0.251 e. The van der Waals surface area contributed by atoms with E-state index in [0.29, 0.717) is 30.2 Å². The first-order valence-electron chi connectivity index (χ1n) is 8.31. The summed E-state index contributed by atoms with van der Waals surface area (Å²) in [4.78, 5) is 26.2. The first kappa shape index (κ1) is 16.4. The fourth-order valence-electron chi connectivity index (χ4n) is 3.18. The second-order valence-corrected chi connectivity index (χ2v) is 6.35. The highest BCUT2D eigenvalue weighted by molar-refractivity contribution is 5.95. The average molecular weight is 356 g/mol. The lowest BCUT2D eigenvalue weighted by molar-refractivity contribution is -0.128. The number of hydrogen-bond acceptors (Lipinski definition) is 4. The summed E-state index contributed by atoms with van der Waals surface area (Å²) in [6, 6.07) is 10.8. The summed E-state index contributed by atoms with van der Waals surface area (Å²) in [5.74, 6) is 0.479. The van der Waals surface area contributed by atoms with Crippen molar-refractivity contribution in [3.05, 3.63) is 59.4 Å². The van der Waals surface area contributed by atoms with Gasteiger partial charge in [-0.25, -0.2) is 4.39 Å². The lowest BCUT2D eigenvalue weighted by atomic mass is 10.1. The summed E-state index contributed by atoms with van der Waals surface area (Å²) < 4.78 is 23.8. The van der Waals surface area contributed by atoms with Crippen LogP contribution in [-0.4, -0.2) is 36.1 Å². The molecule has 0 saturated carbocycles. The highest BCUT2D eigenvalue weighted by Crippen LogP contribution is 2.32. The summed E-state index contributed by atoms with van der Waals surface area (Å²) in [5, 5.41) is 2.87. The first-order valence-corrected chi connectivity index (χ1v) is 8.31. The monoisotopic (exact) mass is 356 g/mol. The van der Waals surface area contributed by atoms with E-state index in [9.17, 15) is 14.0 Å². The summed E-state index contributed by atoms with van der Waals surface area (Å²) >= 11 is 0. The predicted molar refractivity (Wildman–Crippen MR) is 90.3 cm³/mol. The topological polar surface area (TPSA) is 67.9 Å². The van der Waals surface area contributed by atoms with Crippen LogP contribution in [0.25, 0.3) is 0 Å². The van der Waals surface area contributed by atoms with Gasteiger partial charge in [-0.1, -0.05) is 12.1 Å². The number of nitrogens with one attached hydrogen (secondary N) is 1. The fourth-order valence-corrected chi connectivity index (χ4v) is 3.18. The minimum atomic E-state index is -0.332. The molecule has 4 rings (SSSR count). The zero-order valence-corrected chi connectivity index (χ0v) is 13.9. The molecule has 0 radical (unpaired) electrons. The van der Waals surface area contributed by atoms with Gasteiger partial charge in [0, 0.05) is 25.1 Å². The smallest absolute Gasteiger partial charge is 0.251 e. The van der Waals surface area contributed by atoms with E-state index in [1.54, 1.807) is 35.2 Å². The van der Waals surface area contributed by atoms with Crippen LogP contribution in [0.5, 0.6) is 11.5 Å². The fraction of sp³-hybridized carbons (Fsp3) is 0.263. The van der Waals surface area contributed by atoms with Gasteiger partial charge in [0.25, 0.3) is 5.91 Å². The van der Waals surface area contributed by atoms with Crippen LogP contribution in [0.15, 0.2) is 42.5 Å². The number of halogens is 1. The van der Waals surface area contributed by atoms with E-state index in [-0.39, 0.29) is 36.9 Å². The number of likely N-dealkylation sites (tertiary alicyclic amines) is 1. The molecule has 2 aromatic carbocycles. The molecule has 1 fully saturated rings. The van der Waals surface area contributed by atoms with Gasteiger partial charge in [-0.05, 0) is 35.9 Å². The SMILES string of the molecule is O=C(N[C@H]1CC(=O)N(Cc2cccc(F)c2)C1)c1ccc2c(c1)OCO2. The minimum Gasteiger partial charge on any atom is -0.454 e. The molecule has 0 aromatic heterocycles. The Bertz CT molecular complexity index is 870. The van der Waals surface area contributed by atoms with Crippen LogP contribution in [0.3, 0.4) is 0 Å². The third-order valence-electron chi connectivity index (χ3n) is 4.45. The van der Waals surface area contributed by atoms with Crippen molar-refractivity contribution < 1.29 is 23.5 Å². The molecule has 2 aliphatic heterocycles. The van der Waals surface area contributed by atoms with Crippen molar-refractivity contribution in [1.82, 2.24) is 10.2 Å². The third-order valence-corrected chi connectivity index (χ3v) is 4.45. The molecule has 1 atom stereocenters. The Morgan fingerprint density at radius 1 is 1.19 bits per heavy atom. The van der Waals surface area contributed by atoms with Gasteiger partial charge in [0.2, 0.25) is 12.7 Å². The Hall–Kier alpha value is -3.09. The molecular formula is C19H17FN2O4. The molecule has 0 bridgehead atoms. The van der Waals surface area contributed by atoms with Gasteiger partial charge in [0.1, 0.15) is 5.82 Å². The van der Waals surface area contributed by atoms with Crippen molar-refractivity contribution in [3.8, 4) is 11.5 Å². The molecule has 26 heavy (non-hydrogen) atoms. The zero-order valence-electron chi connectivity index (χ0n) is 13.9. The Kier molecular flexibility index (Phi) is 4.20. The van der Waals surface area contributed by atoms with Crippen LogP contribution in [0.1, 0.15) is 22.3 Å². The lowest BCUT2D eigenvalue weighted by Crippen LogP contribution is -2.37. The number of amides is 2. The maximum absolute atomic E-state index is 13.3. The van der Waals surface area contributed by atoms with Gasteiger partial charge in [0.15, 0.2) is 11.5 Å². The molecule has 2 heterocycles. The summed E-state index contributed by atoms with van der Waals surface area (Å²) in [5.41, 5.74) is 1.17. The number of carbonyl (C=O) groups is 2. The number of hydrogen-bond donors (Lipinski definition) is 1. The molecule has 2 aliphatic rings. The molecule has 7 heteroatoms. The second-order valence-electron chi connectivity index (χ2n) is 6.35. The number of fused-ring (bicyclic) bond motifs is 1. The minimum absolute atomic E-state index is 0.0646. The quantitative estimate of drug-likeness (QED) is 0.911. The standard InChI is InChI=1S/C19H17FN2O4/c20-14-3-1-2-12(6-14)9-22-10-15(8-18(22)23)21-19(24)13-4-5-16-17(7-13)26-11-25-16/h1-7,15H,8-11H2,(H,21,24)/t15-/m0/s1. The lowest BCUT2D eigenvalue weighted by Gasteiger charge is -2.17. The summed E-state index contributed by atoms with van der Waals surface area (Å²) in [6.45, 7) is 0.866. The van der Waals surface area contributed by atoms with Crippen molar-refractivity contribution in [2.75, 3.05) is 13.3 Å².